The van der Waals surface area contributed by atoms with Gasteiger partial charge in [-0.3, -0.25) is 4.79 Å². The zero-order valence-electron chi connectivity index (χ0n) is 8.29. The number of nitrogens with zero attached hydrogens (tertiary/aromatic N) is 1. The molecule has 0 aromatic carbocycles. The van der Waals surface area contributed by atoms with Crippen LogP contribution in [0.25, 0.3) is 0 Å². The number of amides is 1. The number of rotatable bonds is 3. The van der Waals surface area contributed by atoms with Crippen LogP contribution >= 0.6 is 0 Å². The van der Waals surface area contributed by atoms with E-state index in [0.717, 1.165) is 19.4 Å². The molecule has 4 nitrogen and oxygen atoms in total. The fourth-order valence-corrected chi connectivity index (χ4v) is 1.86. The van der Waals surface area contributed by atoms with E-state index in [-0.39, 0.29) is 11.9 Å². The number of hydrogen-bond donors (Lipinski definition) is 2. The molecule has 0 aromatic heterocycles. The lowest BCUT2D eigenvalue weighted by molar-refractivity contribution is -0.132. The van der Waals surface area contributed by atoms with Gasteiger partial charge in [-0.25, -0.2) is 0 Å². The van der Waals surface area contributed by atoms with Gasteiger partial charge in [0.05, 0.1) is 18.7 Å². The van der Waals surface area contributed by atoms with Crippen LogP contribution in [0.5, 0.6) is 0 Å². The van der Waals surface area contributed by atoms with Crippen LogP contribution in [0.1, 0.15) is 19.8 Å². The van der Waals surface area contributed by atoms with Crippen LogP contribution in [-0.2, 0) is 4.79 Å². The number of carbonyl (C=O) groups excluding carboxylic acids is 1. The van der Waals surface area contributed by atoms with Gasteiger partial charge in [-0.1, -0.05) is 0 Å². The van der Waals surface area contributed by atoms with E-state index in [4.69, 9.17) is 0 Å². The number of aliphatic hydroxyl groups excluding tert-OH is 1. The predicted octanol–water partition coefficient (Wildman–Crippen LogP) is -0.422. The topological polar surface area (TPSA) is 52.6 Å². The Hall–Kier alpha value is -0.610. The molecular formula is C9H18N2O2. The monoisotopic (exact) mass is 186 g/mol. The molecular weight excluding hydrogens is 168 g/mol. The first-order valence-electron chi connectivity index (χ1n) is 4.79. The van der Waals surface area contributed by atoms with E-state index < -0.39 is 6.10 Å². The van der Waals surface area contributed by atoms with E-state index in [2.05, 4.69) is 5.32 Å². The second-order valence-corrected chi connectivity index (χ2v) is 3.57. The molecule has 1 saturated heterocycles. The summed E-state index contributed by atoms with van der Waals surface area (Å²) in [5.74, 6) is 0.0888. The normalized spacial score (nSPS) is 24.8. The summed E-state index contributed by atoms with van der Waals surface area (Å²) < 4.78 is 0. The molecule has 0 bridgehead atoms. The zero-order chi connectivity index (χ0) is 9.84. The van der Waals surface area contributed by atoms with Crippen LogP contribution in [0, 0.1) is 0 Å². The van der Waals surface area contributed by atoms with E-state index in [1.54, 1.807) is 18.9 Å². The molecule has 1 fully saturated rings. The van der Waals surface area contributed by atoms with Crippen molar-refractivity contribution >= 4 is 5.91 Å². The maximum absolute atomic E-state index is 11.5. The number of nitrogens with one attached hydrogen (secondary N) is 1. The van der Waals surface area contributed by atoms with Crippen molar-refractivity contribution < 1.29 is 9.90 Å². The fourth-order valence-electron chi connectivity index (χ4n) is 1.86. The molecule has 2 N–H and O–H groups in total. The Balaban J connectivity index is 2.52. The molecule has 1 amide bonds. The van der Waals surface area contributed by atoms with Gasteiger partial charge in [-0.05, 0) is 26.8 Å². The molecule has 76 valence electrons. The SMILES string of the molecule is CNCC(=O)N1CCC[C@H]1[C@@H](C)O. The number of likely N-dealkylation sites (N-methyl/N-ethyl adjacent to an activating group) is 1. The van der Waals surface area contributed by atoms with Crippen LogP contribution in [0.4, 0.5) is 0 Å². The van der Waals surface area contributed by atoms with Crippen molar-refractivity contribution in [3.63, 3.8) is 0 Å². The summed E-state index contributed by atoms with van der Waals surface area (Å²) in [6, 6.07) is 0.0286. The summed E-state index contributed by atoms with van der Waals surface area (Å²) in [5.41, 5.74) is 0. The summed E-state index contributed by atoms with van der Waals surface area (Å²) in [4.78, 5) is 13.3. The quantitative estimate of drug-likeness (QED) is 0.629. The Bertz CT molecular complexity index is 182. The highest BCUT2D eigenvalue weighted by atomic mass is 16.3. The third-order valence-corrected chi connectivity index (χ3v) is 2.50. The lowest BCUT2D eigenvalue weighted by Gasteiger charge is -2.26. The number of likely N-dealkylation sites (tertiary alicyclic amines) is 1. The van der Waals surface area contributed by atoms with Gasteiger partial charge in [0.15, 0.2) is 0 Å². The van der Waals surface area contributed by atoms with Gasteiger partial charge >= 0.3 is 0 Å². The molecule has 0 unspecified atom stereocenters. The van der Waals surface area contributed by atoms with Crippen molar-refractivity contribution in [3.05, 3.63) is 0 Å². The van der Waals surface area contributed by atoms with Crippen LogP contribution < -0.4 is 5.32 Å². The smallest absolute Gasteiger partial charge is 0.236 e. The second-order valence-electron chi connectivity index (χ2n) is 3.57. The zero-order valence-corrected chi connectivity index (χ0v) is 8.29. The van der Waals surface area contributed by atoms with Gasteiger partial charge in [0.2, 0.25) is 5.91 Å². The first kappa shape index (κ1) is 10.5. The first-order chi connectivity index (χ1) is 6.16. The molecule has 1 rings (SSSR count). The molecule has 1 aliphatic rings. The average molecular weight is 186 g/mol. The number of hydrogen-bond acceptors (Lipinski definition) is 3. The minimum Gasteiger partial charge on any atom is -0.391 e. The standard InChI is InChI=1S/C9H18N2O2/c1-7(12)8-4-3-5-11(8)9(13)6-10-2/h7-8,10,12H,3-6H2,1-2H3/t7-,8+/m1/s1. The molecule has 0 aromatic rings. The van der Waals surface area contributed by atoms with Crippen LogP contribution in [0.3, 0.4) is 0 Å². The third kappa shape index (κ3) is 2.42. The molecule has 0 aliphatic carbocycles. The molecule has 2 atom stereocenters. The van der Waals surface area contributed by atoms with Gasteiger partial charge in [0, 0.05) is 6.54 Å². The molecule has 0 spiro atoms. The Kier molecular flexibility index (Phi) is 3.69. The minimum atomic E-state index is -0.414. The second kappa shape index (κ2) is 4.58. The molecule has 13 heavy (non-hydrogen) atoms. The fraction of sp³-hybridized carbons (Fsp3) is 0.889. The van der Waals surface area contributed by atoms with Crippen molar-refractivity contribution in [2.75, 3.05) is 20.1 Å². The molecule has 0 radical (unpaired) electrons. The Morgan fingerprint density at radius 1 is 1.77 bits per heavy atom. The highest BCUT2D eigenvalue weighted by Gasteiger charge is 2.31. The van der Waals surface area contributed by atoms with Crippen LogP contribution in [0.2, 0.25) is 0 Å². The van der Waals surface area contributed by atoms with E-state index >= 15 is 0 Å². The van der Waals surface area contributed by atoms with Crippen molar-refractivity contribution in [2.24, 2.45) is 0 Å². The Morgan fingerprint density at radius 2 is 2.46 bits per heavy atom. The van der Waals surface area contributed by atoms with Gasteiger partial charge < -0.3 is 15.3 Å². The average Bonchev–Trinajstić information content (AvgIpc) is 2.52. The van der Waals surface area contributed by atoms with E-state index in [0.29, 0.717) is 6.54 Å². The van der Waals surface area contributed by atoms with Gasteiger partial charge in [0.1, 0.15) is 0 Å². The summed E-state index contributed by atoms with van der Waals surface area (Å²) in [5, 5.41) is 12.3. The van der Waals surface area contributed by atoms with Gasteiger partial charge in [-0.2, -0.15) is 0 Å². The predicted molar refractivity (Wildman–Crippen MR) is 50.3 cm³/mol. The van der Waals surface area contributed by atoms with Gasteiger partial charge in [0.25, 0.3) is 0 Å². The van der Waals surface area contributed by atoms with Crippen LogP contribution in [0.15, 0.2) is 0 Å². The summed E-state index contributed by atoms with van der Waals surface area (Å²) in [6.07, 6.45) is 1.52. The lowest BCUT2D eigenvalue weighted by atomic mass is 10.1. The first-order valence-corrected chi connectivity index (χ1v) is 4.79. The number of carbonyl (C=O) groups is 1. The Morgan fingerprint density at radius 3 is 3.00 bits per heavy atom. The Labute approximate surface area is 78.9 Å². The van der Waals surface area contributed by atoms with Crippen molar-refractivity contribution in [1.29, 1.82) is 0 Å². The maximum Gasteiger partial charge on any atom is 0.236 e. The van der Waals surface area contributed by atoms with Crippen molar-refractivity contribution in [3.8, 4) is 0 Å². The summed E-state index contributed by atoms with van der Waals surface area (Å²) >= 11 is 0. The minimum absolute atomic E-state index is 0.0286. The maximum atomic E-state index is 11.5. The molecule has 0 saturated carbocycles. The van der Waals surface area contributed by atoms with E-state index in [1.165, 1.54) is 0 Å². The van der Waals surface area contributed by atoms with Crippen molar-refractivity contribution in [2.45, 2.75) is 31.9 Å². The summed E-state index contributed by atoms with van der Waals surface area (Å²) in [7, 11) is 1.76. The van der Waals surface area contributed by atoms with E-state index in [9.17, 15) is 9.90 Å². The van der Waals surface area contributed by atoms with Crippen molar-refractivity contribution in [1.82, 2.24) is 10.2 Å². The molecule has 1 heterocycles. The highest BCUT2D eigenvalue weighted by Crippen LogP contribution is 2.19. The largest absolute Gasteiger partial charge is 0.391 e. The molecule has 1 aliphatic heterocycles. The van der Waals surface area contributed by atoms with E-state index in [1.807, 2.05) is 0 Å². The van der Waals surface area contributed by atoms with Crippen LogP contribution in [-0.4, -0.2) is 48.2 Å². The summed E-state index contributed by atoms with van der Waals surface area (Å²) in [6.45, 7) is 2.90. The third-order valence-electron chi connectivity index (χ3n) is 2.50. The molecule has 4 heteroatoms. The lowest BCUT2D eigenvalue weighted by Crippen LogP contribution is -2.44. The highest BCUT2D eigenvalue weighted by molar-refractivity contribution is 5.78. The number of aliphatic hydroxyl groups is 1. The van der Waals surface area contributed by atoms with Gasteiger partial charge in [-0.15, -0.1) is 0 Å².